The molecule has 0 radical (unpaired) electrons. The van der Waals surface area contributed by atoms with Crippen molar-refractivity contribution in [3.8, 4) is 17.1 Å². The van der Waals surface area contributed by atoms with Gasteiger partial charge in [-0.1, -0.05) is 65.3 Å². The van der Waals surface area contributed by atoms with Crippen LogP contribution in [0.2, 0.25) is 10.0 Å². The van der Waals surface area contributed by atoms with E-state index in [9.17, 15) is 9.59 Å². The molecule has 0 atom stereocenters. The van der Waals surface area contributed by atoms with Crippen molar-refractivity contribution in [2.24, 2.45) is 5.92 Å². The first-order valence-corrected chi connectivity index (χ1v) is 13.8. The van der Waals surface area contributed by atoms with Crippen molar-refractivity contribution < 1.29 is 14.3 Å². The van der Waals surface area contributed by atoms with Gasteiger partial charge in [-0.2, -0.15) is 0 Å². The Morgan fingerprint density at radius 3 is 2.50 bits per heavy atom. The molecule has 0 unspecified atom stereocenters. The third kappa shape index (κ3) is 6.41. The molecule has 4 rings (SSSR count). The van der Waals surface area contributed by atoms with Crippen molar-refractivity contribution in [2.75, 3.05) is 25.4 Å². The van der Waals surface area contributed by atoms with Crippen molar-refractivity contribution in [1.82, 2.24) is 19.7 Å². The zero-order chi connectivity index (χ0) is 25.5. The van der Waals surface area contributed by atoms with E-state index in [0.717, 1.165) is 16.4 Å². The van der Waals surface area contributed by atoms with Gasteiger partial charge in [0.25, 0.3) is 0 Å². The normalized spacial score (nSPS) is 14.1. The van der Waals surface area contributed by atoms with E-state index in [-0.39, 0.29) is 17.8 Å². The van der Waals surface area contributed by atoms with Gasteiger partial charge in [0.05, 0.1) is 28.3 Å². The van der Waals surface area contributed by atoms with Crippen LogP contribution < -0.4 is 0 Å². The van der Waals surface area contributed by atoms with Crippen LogP contribution >= 0.6 is 35.0 Å². The molecule has 190 valence electrons. The van der Waals surface area contributed by atoms with Crippen LogP contribution in [0.4, 0.5) is 0 Å². The first-order valence-electron chi connectivity index (χ1n) is 12.0. The number of hydrogen-bond donors (Lipinski definition) is 0. The molecule has 0 aliphatic carbocycles. The molecule has 2 heterocycles. The van der Waals surface area contributed by atoms with Gasteiger partial charge in [-0.15, -0.1) is 10.2 Å². The largest absolute Gasteiger partial charge is 0.466 e. The van der Waals surface area contributed by atoms with E-state index in [1.807, 2.05) is 52.8 Å². The lowest BCUT2D eigenvalue weighted by Crippen LogP contribution is -2.40. The molecule has 0 spiro atoms. The molecule has 0 N–H and O–H groups in total. The van der Waals surface area contributed by atoms with Crippen LogP contribution in [0.15, 0.2) is 53.7 Å². The van der Waals surface area contributed by atoms with E-state index in [0.29, 0.717) is 67.0 Å². The number of nitrogens with zero attached hydrogens (tertiary/aromatic N) is 4. The quantitative estimate of drug-likeness (QED) is 0.188. The standard InChI is InChI=1S/C26H28Cl2N4O3S/c1-2-35-25(34)19-12-14-31(15-13-19)23(33)9-6-16-36-26-30-29-24(18-7-4-3-5-8-18)32(26)20-10-11-21(27)22(28)17-20/h3-5,7-8,10-11,17,19H,2,6,9,12-16H2,1H3. The maximum absolute atomic E-state index is 12.7. The number of ether oxygens (including phenoxy) is 1. The first-order chi connectivity index (χ1) is 17.5. The molecule has 1 aliphatic rings. The molecular weight excluding hydrogens is 519 g/mol. The van der Waals surface area contributed by atoms with Gasteiger partial charge in [0, 0.05) is 30.8 Å². The highest BCUT2D eigenvalue weighted by atomic mass is 35.5. The summed E-state index contributed by atoms with van der Waals surface area (Å²) in [5, 5.41) is 10.5. The van der Waals surface area contributed by atoms with Gasteiger partial charge >= 0.3 is 5.97 Å². The van der Waals surface area contributed by atoms with Gasteiger partial charge < -0.3 is 9.64 Å². The van der Waals surface area contributed by atoms with Crippen LogP contribution in [-0.4, -0.2) is 57.0 Å². The number of halogens is 2. The average molecular weight is 548 g/mol. The number of esters is 1. The molecular formula is C26H28Cl2N4O3S. The Morgan fingerprint density at radius 2 is 1.81 bits per heavy atom. The molecule has 0 bridgehead atoms. The highest BCUT2D eigenvalue weighted by Crippen LogP contribution is 2.31. The minimum atomic E-state index is -0.151. The van der Waals surface area contributed by atoms with Crippen molar-refractivity contribution in [2.45, 2.75) is 37.8 Å². The molecule has 1 saturated heterocycles. The summed E-state index contributed by atoms with van der Waals surface area (Å²) in [7, 11) is 0. The second kappa shape index (κ2) is 12.6. The first kappa shape index (κ1) is 26.5. The maximum atomic E-state index is 12.7. The number of thioether (sulfide) groups is 1. The fourth-order valence-electron chi connectivity index (χ4n) is 4.16. The average Bonchev–Trinajstić information content (AvgIpc) is 3.32. The lowest BCUT2D eigenvalue weighted by atomic mass is 9.97. The topological polar surface area (TPSA) is 77.3 Å². The molecule has 1 amide bonds. The summed E-state index contributed by atoms with van der Waals surface area (Å²) >= 11 is 14.0. The Hall–Kier alpha value is -2.55. The minimum Gasteiger partial charge on any atom is -0.466 e. The maximum Gasteiger partial charge on any atom is 0.309 e. The zero-order valence-electron chi connectivity index (χ0n) is 20.0. The highest BCUT2D eigenvalue weighted by Gasteiger charge is 2.28. The molecule has 7 nitrogen and oxygen atoms in total. The van der Waals surface area contributed by atoms with Gasteiger partial charge in [-0.3, -0.25) is 14.2 Å². The molecule has 2 aromatic carbocycles. The van der Waals surface area contributed by atoms with E-state index in [2.05, 4.69) is 10.2 Å². The number of carbonyl (C=O) groups is 2. The smallest absolute Gasteiger partial charge is 0.309 e. The number of aromatic nitrogens is 3. The van der Waals surface area contributed by atoms with Gasteiger partial charge in [0.2, 0.25) is 5.91 Å². The predicted octanol–water partition coefficient (Wildman–Crippen LogP) is 5.92. The number of benzene rings is 2. The Morgan fingerprint density at radius 1 is 1.06 bits per heavy atom. The van der Waals surface area contributed by atoms with E-state index < -0.39 is 0 Å². The summed E-state index contributed by atoms with van der Waals surface area (Å²) in [6.45, 7) is 3.40. The molecule has 1 aromatic heterocycles. The number of hydrogen-bond acceptors (Lipinski definition) is 6. The van der Waals surface area contributed by atoms with E-state index >= 15 is 0 Å². The Labute approximate surface area is 225 Å². The van der Waals surface area contributed by atoms with E-state index in [1.54, 1.807) is 23.9 Å². The number of amides is 1. The second-order valence-electron chi connectivity index (χ2n) is 8.47. The monoisotopic (exact) mass is 546 g/mol. The summed E-state index contributed by atoms with van der Waals surface area (Å²) in [5.41, 5.74) is 1.75. The lowest BCUT2D eigenvalue weighted by Gasteiger charge is -2.31. The Kier molecular flexibility index (Phi) is 9.29. The van der Waals surface area contributed by atoms with Crippen LogP contribution in [0.3, 0.4) is 0 Å². The van der Waals surface area contributed by atoms with Gasteiger partial charge in [-0.05, 0) is 44.4 Å². The number of rotatable bonds is 9. The third-order valence-corrected chi connectivity index (χ3v) is 7.81. The summed E-state index contributed by atoms with van der Waals surface area (Å²) in [6.07, 6.45) is 2.47. The second-order valence-corrected chi connectivity index (χ2v) is 10.3. The molecule has 10 heteroatoms. The van der Waals surface area contributed by atoms with Crippen LogP contribution in [0.5, 0.6) is 0 Å². The molecule has 3 aromatic rings. The van der Waals surface area contributed by atoms with Gasteiger partial charge in [0.1, 0.15) is 0 Å². The summed E-state index contributed by atoms with van der Waals surface area (Å²) < 4.78 is 7.07. The van der Waals surface area contributed by atoms with Crippen LogP contribution in [0.25, 0.3) is 17.1 Å². The fourth-order valence-corrected chi connectivity index (χ4v) is 5.35. The third-order valence-electron chi connectivity index (χ3n) is 6.06. The fraction of sp³-hybridized carbons (Fsp3) is 0.385. The van der Waals surface area contributed by atoms with Gasteiger partial charge in [-0.25, -0.2) is 0 Å². The van der Waals surface area contributed by atoms with Crippen LogP contribution in [0.1, 0.15) is 32.6 Å². The molecule has 0 saturated carbocycles. The molecule has 1 fully saturated rings. The lowest BCUT2D eigenvalue weighted by molar-refractivity contribution is -0.151. The molecule has 1 aliphatic heterocycles. The zero-order valence-corrected chi connectivity index (χ0v) is 22.4. The number of carbonyl (C=O) groups excluding carboxylic acids is 2. The number of piperidine rings is 1. The summed E-state index contributed by atoms with van der Waals surface area (Å²) in [6, 6.07) is 15.3. The highest BCUT2D eigenvalue weighted by molar-refractivity contribution is 7.99. The Balaban J connectivity index is 1.37. The van der Waals surface area contributed by atoms with E-state index in [4.69, 9.17) is 27.9 Å². The molecule has 36 heavy (non-hydrogen) atoms. The number of likely N-dealkylation sites (tertiary alicyclic amines) is 1. The van der Waals surface area contributed by atoms with Crippen molar-refractivity contribution in [3.63, 3.8) is 0 Å². The summed E-state index contributed by atoms with van der Waals surface area (Å²) in [5.74, 6) is 1.28. The minimum absolute atomic E-state index is 0.101. The predicted molar refractivity (Wildman–Crippen MR) is 143 cm³/mol. The van der Waals surface area contributed by atoms with Crippen LogP contribution in [-0.2, 0) is 14.3 Å². The SMILES string of the molecule is CCOC(=O)C1CCN(C(=O)CCCSc2nnc(-c3ccccc3)n2-c2ccc(Cl)c(Cl)c2)CC1. The van der Waals surface area contributed by atoms with Crippen molar-refractivity contribution in [1.29, 1.82) is 0 Å². The van der Waals surface area contributed by atoms with E-state index in [1.165, 1.54) is 0 Å². The van der Waals surface area contributed by atoms with Crippen molar-refractivity contribution in [3.05, 3.63) is 58.6 Å². The van der Waals surface area contributed by atoms with Crippen LogP contribution in [0, 0.1) is 5.92 Å². The van der Waals surface area contributed by atoms with Crippen molar-refractivity contribution >= 4 is 46.8 Å². The Bertz CT molecular complexity index is 1200. The van der Waals surface area contributed by atoms with Gasteiger partial charge in [0.15, 0.2) is 11.0 Å². The summed E-state index contributed by atoms with van der Waals surface area (Å²) in [4.78, 5) is 26.5.